The van der Waals surface area contributed by atoms with Gasteiger partial charge in [-0.25, -0.2) is 0 Å². The van der Waals surface area contributed by atoms with E-state index in [1.807, 2.05) is 0 Å². The van der Waals surface area contributed by atoms with Crippen LogP contribution in [-0.2, 0) is 0 Å². The summed E-state index contributed by atoms with van der Waals surface area (Å²) in [6, 6.07) is 1.61. The Morgan fingerprint density at radius 3 is 2.60 bits per heavy atom. The Kier molecular flexibility index (Phi) is 3.81. The molecule has 1 nitrogen and oxygen atoms in total. The fraction of sp³-hybridized carbons (Fsp3) is 0.889. The topological polar surface area (TPSA) is 12.0 Å². The van der Waals surface area contributed by atoms with Crippen molar-refractivity contribution < 1.29 is 0 Å². The molecule has 0 amide bonds. The lowest BCUT2D eigenvalue weighted by Gasteiger charge is -2.08. The molecule has 1 rings (SSSR count). The molecule has 10 heavy (non-hydrogen) atoms. The highest BCUT2D eigenvalue weighted by Crippen LogP contribution is 2.23. The van der Waals surface area contributed by atoms with Gasteiger partial charge in [0.05, 0.1) is 0 Å². The first-order valence-corrected chi connectivity index (χ1v) is 4.52. The molecule has 1 radical (unpaired) electrons. The maximum atomic E-state index is 3.50. The van der Waals surface area contributed by atoms with Crippen molar-refractivity contribution in [2.24, 2.45) is 0 Å². The van der Waals surface area contributed by atoms with Crippen LogP contribution >= 0.6 is 0 Å². The molecule has 1 heteroatoms. The van der Waals surface area contributed by atoms with E-state index in [0.717, 1.165) is 0 Å². The summed E-state index contributed by atoms with van der Waals surface area (Å²) in [6.07, 6.45) is 8.13. The second-order valence-electron chi connectivity index (χ2n) is 3.09. The lowest BCUT2D eigenvalue weighted by atomic mass is 10.2. The summed E-state index contributed by atoms with van der Waals surface area (Å²) in [6.45, 7) is 3.44. The minimum Gasteiger partial charge on any atom is -0.310 e. The van der Waals surface area contributed by atoms with E-state index in [0.29, 0.717) is 0 Å². The summed E-state index contributed by atoms with van der Waals surface area (Å²) in [7, 11) is 0. The van der Waals surface area contributed by atoms with E-state index in [2.05, 4.69) is 12.2 Å². The second kappa shape index (κ2) is 4.73. The Labute approximate surface area is 64.2 Å². The molecule has 0 bridgehead atoms. The third-order valence-corrected chi connectivity index (χ3v) is 2.11. The number of rotatable bonds is 4. The normalized spacial score (nSPS) is 20.1. The molecule has 0 aromatic heterocycles. The van der Waals surface area contributed by atoms with Crippen molar-refractivity contribution in [3.63, 3.8) is 0 Å². The number of nitrogens with one attached hydrogen (secondary N) is 1. The van der Waals surface area contributed by atoms with E-state index in [1.165, 1.54) is 45.1 Å². The van der Waals surface area contributed by atoms with E-state index in [9.17, 15) is 0 Å². The van der Waals surface area contributed by atoms with Gasteiger partial charge >= 0.3 is 0 Å². The van der Waals surface area contributed by atoms with E-state index in [4.69, 9.17) is 0 Å². The van der Waals surface area contributed by atoms with Crippen molar-refractivity contribution in [3.05, 3.63) is 6.04 Å². The molecule has 1 fully saturated rings. The SMILES string of the molecule is CCCCN[C]1CCCC1. The summed E-state index contributed by atoms with van der Waals surface area (Å²) in [4.78, 5) is 0. The van der Waals surface area contributed by atoms with Gasteiger partial charge in [-0.05, 0) is 25.8 Å². The molecule has 0 saturated heterocycles. The molecular weight excluding hydrogens is 122 g/mol. The molecular formula is C9H18N. The molecule has 1 saturated carbocycles. The first kappa shape index (κ1) is 8.06. The van der Waals surface area contributed by atoms with Crippen LogP contribution in [0.2, 0.25) is 0 Å². The van der Waals surface area contributed by atoms with Gasteiger partial charge in [0.15, 0.2) is 0 Å². The molecule has 59 valence electrons. The van der Waals surface area contributed by atoms with Crippen LogP contribution in [0.15, 0.2) is 0 Å². The van der Waals surface area contributed by atoms with Crippen LogP contribution in [0.25, 0.3) is 0 Å². The molecule has 0 atom stereocenters. The Hall–Kier alpha value is -0.0400. The molecule has 1 aliphatic carbocycles. The summed E-state index contributed by atoms with van der Waals surface area (Å²) in [5.74, 6) is 0. The van der Waals surface area contributed by atoms with Crippen molar-refractivity contribution in [1.29, 1.82) is 0 Å². The summed E-state index contributed by atoms with van der Waals surface area (Å²) in [5, 5.41) is 3.50. The zero-order valence-electron chi connectivity index (χ0n) is 6.95. The lowest BCUT2D eigenvalue weighted by molar-refractivity contribution is 0.621. The Morgan fingerprint density at radius 2 is 2.00 bits per heavy atom. The van der Waals surface area contributed by atoms with Gasteiger partial charge in [-0.2, -0.15) is 0 Å². The molecule has 0 unspecified atom stereocenters. The largest absolute Gasteiger partial charge is 0.310 e. The molecule has 0 aromatic rings. The maximum Gasteiger partial charge on any atom is 0.0364 e. The monoisotopic (exact) mass is 140 g/mol. The van der Waals surface area contributed by atoms with Crippen molar-refractivity contribution >= 4 is 0 Å². The van der Waals surface area contributed by atoms with Crippen LogP contribution in [0.4, 0.5) is 0 Å². The summed E-state index contributed by atoms with van der Waals surface area (Å²) >= 11 is 0. The highest BCUT2D eigenvalue weighted by atomic mass is 14.9. The van der Waals surface area contributed by atoms with Crippen LogP contribution in [0.3, 0.4) is 0 Å². The van der Waals surface area contributed by atoms with Gasteiger partial charge in [0, 0.05) is 6.04 Å². The van der Waals surface area contributed by atoms with Gasteiger partial charge in [-0.3, -0.25) is 0 Å². The van der Waals surface area contributed by atoms with E-state index in [1.54, 1.807) is 6.04 Å². The lowest BCUT2D eigenvalue weighted by Crippen LogP contribution is -2.19. The zero-order valence-corrected chi connectivity index (χ0v) is 6.95. The van der Waals surface area contributed by atoms with Gasteiger partial charge in [0.1, 0.15) is 0 Å². The Bertz CT molecular complexity index is 74.8. The average Bonchev–Trinajstić information content (AvgIpc) is 2.41. The minimum absolute atomic E-state index is 1.20. The van der Waals surface area contributed by atoms with Gasteiger partial charge in [-0.1, -0.05) is 26.2 Å². The number of hydrogen-bond acceptors (Lipinski definition) is 1. The molecule has 1 N–H and O–H groups in total. The second-order valence-corrected chi connectivity index (χ2v) is 3.09. The Balaban J connectivity index is 1.91. The summed E-state index contributed by atoms with van der Waals surface area (Å²) < 4.78 is 0. The first-order chi connectivity index (χ1) is 4.93. The minimum atomic E-state index is 1.20. The van der Waals surface area contributed by atoms with Gasteiger partial charge in [0.25, 0.3) is 0 Å². The predicted molar refractivity (Wildman–Crippen MR) is 44.6 cm³/mol. The Morgan fingerprint density at radius 1 is 1.30 bits per heavy atom. The fourth-order valence-electron chi connectivity index (χ4n) is 1.42. The predicted octanol–water partition coefficient (Wildman–Crippen LogP) is 2.48. The van der Waals surface area contributed by atoms with Crippen molar-refractivity contribution in [2.75, 3.05) is 6.54 Å². The standard InChI is InChI=1S/C9H18N/c1-2-3-8-10-9-6-4-5-7-9/h10H,2-8H2,1H3. The van der Waals surface area contributed by atoms with Crippen LogP contribution in [0.5, 0.6) is 0 Å². The number of hydrogen-bond donors (Lipinski definition) is 1. The van der Waals surface area contributed by atoms with Gasteiger partial charge in [0.2, 0.25) is 0 Å². The van der Waals surface area contributed by atoms with Crippen molar-refractivity contribution in [2.45, 2.75) is 45.4 Å². The average molecular weight is 140 g/mol. The zero-order chi connectivity index (χ0) is 7.23. The molecule has 0 spiro atoms. The van der Waals surface area contributed by atoms with Crippen molar-refractivity contribution in [3.8, 4) is 0 Å². The first-order valence-electron chi connectivity index (χ1n) is 4.52. The number of unbranched alkanes of at least 4 members (excludes halogenated alkanes) is 1. The van der Waals surface area contributed by atoms with Crippen LogP contribution in [0.1, 0.15) is 45.4 Å². The molecule has 0 aliphatic heterocycles. The highest BCUT2D eigenvalue weighted by molar-refractivity contribution is 4.91. The summed E-state index contributed by atoms with van der Waals surface area (Å²) in [5.41, 5.74) is 0. The quantitative estimate of drug-likeness (QED) is 0.591. The van der Waals surface area contributed by atoms with E-state index < -0.39 is 0 Å². The van der Waals surface area contributed by atoms with Gasteiger partial charge in [-0.15, -0.1) is 0 Å². The van der Waals surface area contributed by atoms with E-state index >= 15 is 0 Å². The van der Waals surface area contributed by atoms with Crippen LogP contribution in [0, 0.1) is 6.04 Å². The van der Waals surface area contributed by atoms with Crippen LogP contribution in [-0.4, -0.2) is 6.54 Å². The van der Waals surface area contributed by atoms with Crippen molar-refractivity contribution in [1.82, 2.24) is 5.32 Å². The maximum absolute atomic E-state index is 3.50. The van der Waals surface area contributed by atoms with E-state index in [-0.39, 0.29) is 0 Å². The fourth-order valence-corrected chi connectivity index (χ4v) is 1.42. The van der Waals surface area contributed by atoms with Crippen LogP contribution < -0.4 is 5.32 Å². The third kappa shape index (κ3) is 2.70. The molecule has 0 aromatic carbocycles. The highest BCUT2D eigenvalue weighted by Gasteiger charge is 2.13. The molecule has 0 heterocycles. The smallest absolute Gasteiger partial charge is 0.0364 e. The van der Waals surface area contributed by atoms with Gasteiger partial charge < -0.3 is 5.32 Å². The third-order valence-electron chi connectivity index (χ3n) is 2.11. The molecule has 1 aliphatic rings.